The van der Waals surface area contributed by atoms with E-state index in [4.69, 9.17) is 4.74 Å². The number of nitrogens with one attached hydrogen (secondary N) is 1. The molecule has 0 atom stereocenters. The Hall–Kier alpha value is -1.53. The molecule has 2 aliphatic heterocycles. The van der Waals surface area contributed by atoms with Crippen molar-refractivity contribution in [3.05, 3.63) is 23.8 Å². The van der Waals surface area contributed by atoms with Crippen LogP contribution < -0.4 is 5.32 Å². The third kappa shape index (κ3) is 1.60. The maximum absolute atomic E-state index is 11.4. The minimum atomic E-state index is -0.956. The number of aliphatic carboxylic acids is 1. The van der Waals surface area contributed by atoms with Gasteiger partial charge in [0.1, 0.15) is 5.41 Å². The van der Waals surface area contributed by atoms with E-state index in [-0.39, 0.29) is 19.1 Å². The molecule has 0 aliphatic carbocycles. The Balaban J connectivity index is 2.01. The SMILES string of the molecule is O=C1CSc2ccc(C3(C(=O)O)COC3)cc2N1. The first-order chi connectivity index (χ1) is 8.62. The van der Waals surface area contributed by atoms with Gasteiger partial charge in [-0.05, 0) is 17.7 Å². The largest absolute Gasteiger partial charge is 0.480 e. The number of fused-ring (bicyclic) bond motifs is 1. The minimum absolute atomic E-state index is 0.0566. The lowest BCUT2D eigenvalue weighted by atomic mass is 9.78. The van der Waals surface area contributed by atoms with Crippen molar-refractivity contribution in [1.82, 2.24) is 0 Å². The monoisotopic (exact) mass is 265 g/mol. The Morgan fingerprint density at radius 2 is 2.22 bits per heavy atom. The van der Waals surface area contributed by atoms with Crippen molar-refractivity contribution in [2.24, 2.45) is 0 Å². The Kier molecular flexibility index (Phi) is 2.57. The quantitative estimate of drug-likeness (QED) is 0.837. The molecule has 0 saturated carbocycles. The summed E-state index contributed by atoms with van der Waals surface area (Å²) in [6, 6.07) is 5.41. The van der Waals surface area contributed by atoms with Crippen LogP contribution in [0.1, 0.15) is 5.56 Å². The normalized spacial score (nSPS) is 20.6. The highest BCUT2D eigenvalue weighted by Crippen LogP contribution is 2.38. The van der Waals surface area contributed by atoms with E-state index >= 15 is 0 Å². The fourth-order valence-electron chi connectivity index (χ4n) is 2.10. The Morgan fingerprint density at radius 1 is 1.44 bits per heavy atom. The zero-order valence-electron chi connectivity index (χ0n) is 9.43. The number of hydrogen-bond acceptors (Lipinski definition) is 4. The van der Waals surface area contributed by atoms with Crippen LogP contribution in [-0.4, -0.2) is 35.9 Å². The molecule has 1 aromatic carbocycles. The van der Waals surface area contributed by atoms with Gasteiger partial charge in [0.2, 0.25) is 5.91 Å². The van der Waals surface area contributed by atoms with Crippen molar-refractivity contribution < 1.29 is 19.4 Å². The van der Waals surface area contributed by atoms with Crippen LogP contribution in [-0.2, 0) is 19.7 Å². The smallest absolute Gasteiger partial charge is 0.318 e. The standard InChI is InChI=1S/C12H11NO4S/c14-10-4-18-9-2-1-7(3-8(9)13-10)12(11(15)16)5-17-6-12/h1-3H,4-6H2,(H,13,14)(H,15,16). The second-order valence-corrected chi connectivity index (χ2v) is 5.45. The summed E-state index contributed by atoms with van der Waals surface area (Å²) >= 11 is 1.46. The fraction of sp³-hybridized carbons (Fsp3) is 0.333. The van der Waals surface area contributed by atoms with Crippen LogP contribution in [0.25, 0.3) is 0 Å². The number of hydrogen-bond donors (Lipinski definition) is 2. The molecule has 3 rings (SSSR count). The van der Waals surface area contributed by atoms with Crippen LogP contribution in [0.15, 0.2) is 23.1 Å². The summed E-state index contributed by atoms with van der Waals surface area (Å²) < 4.78 is 5.05. The number of benzene rings is 1. The number of carboxylic acid groups (broad SMARTS) is 1. The average Bonchev–Trinajstić information content (AvgIpc) is 2.26. The average molecular weight is 265 g/mol. The highest BCUT2D eigenvalue weighted by Gasteiger charge is 2.48. The third-order valence-corrected chi connectivity index (χ3v) is 4.34. The van der Waals surface area contributed by atoms with Gasteiger partial charge in [-0.2, -0.15) is 0 Å². The first-order valence-electron chi connectivity index (χ1n) is 5.50. The molecule has 1 fully saturated rings. The van der Waals surface area contributed by atoms with E-state index in [0.29, 0.717) is 17.0 Å². The Morgan fingerprint density at radius 3 is 2.83 bits per heavy atom. The topological polar surface area (TPSA) is 75.6 Å². The van der Waals surface area contributed by atoms with Crippen molar-refractivity contribution in [1.29, 1.82) is 0 Å². The molecule has 2 N–H and O–H groups in total. The number of thioether (sulfide) groups is 1. The first-order valence-corrected chi connectivity index (χ1v) is 6.49. The molecule has 0 aromatic heterocycles. The van der Waals surface area contributed by atoms with Gasteiger partial charge in [-0.25, -0.2) is 0 Å². The molecule has 0 bridgehead atoms. The summed E-state index contributed by atoms with van der Waals surface area (Å²) in [4.78, 5) is 23.7. The lowest BCUT2D eigenvalue weighted by Crippen LogP contribution is -2.53. The number of amides is 1. The first kappa shape index (κ1) is 11.6. The highest BCUT2D eigenvalue weighted by molar-refractivity contribution is 8.00. The second-order valence-electron chi connectivity index (χ2n) is 4.43. The maximum atomic E-state index is 11.4. The fourth-order valence-corrected chi connectivity index (χ4v) is 2.89. The Labute approximate surface area is 108 Å². The van der Waals surface area contributed by atoms with Crippen molar-refractivity contribution >= 4 is 29.3 Å². The van der Waals surface area contributed by atoms with Crippen molar-refractivity contribution in [2.75, 3.05) is 24.3 Å². The van der Waals surface area contributed by atoms with Gasteiger partial charge in [0.05, 0.1) is 24.7 Å². The van der Waals surface area contributed by atoms with Gasteiger partial charge in [0, 0.05) is 4.90 Å². The molecular weight excluding hydrogens is 254 g/mol. The zero-order chi connectivity index (χ0) is 12.8. The maximum Gasteiger partial charge on any atom is 0.318 e. The van der Waals surface area contributed by atoms with E-state index in [1.54, 1.807) is 12.1 Å². The van der Waals surface area contributed by atoms with Crippen molar-refractivity contribution in [3.8, 4) is 0 Å². The summed E-state index contributed by atoms with van der Waals surface area (Å²) in [5, 5.41) is 12.1. The molecule has 0 unspecified atom stereocenters. The molecule has 1 aromatic rings. The van der Waals surface area contributed by atoms with Crippen LogP contribution in [0.4, 0.5) is 5.69 Å². The van der Waals surface area contributed by atoms with E-state index in [0.717, 1.165) is 4.90 Å². The van der Waals surface area contributed by atoms with Crippen molar-refractivity contribution in [3.63, 3.8) is 0 Å². The minimum Gasteiger partial charge on any atom is -0.480 e. The van der Waals surface area contributed by atoms with Gasteiger partial charge in [0.15, 0.2) is 0 Å². The summed E-state index contributed by atoms with van der Waals surface area (Å²) in [6.45, 7) is 0.365. The molecule has 0 spiro atoms. The lowest BCUT2D eigenvalue weighted by Gasteiger charge is -2.38. The molecule has 2 aliphatic rings. The van der Waals surface area contributed by atoms with E-state index in [9.17, 15) is 14.7 Å². The number of ether oxygens (including phenoxy) is 1. The molecule has 1 saturated heterocycles. The zero-order valence-corrected chi connectivity index (χ0v) is 10.3. The summed E-state index contributed by atoms with van der Waals surface area (Å²) in [5.74, 6) is -0.540. The van der Waals surface area contributed by atoms with Gasteiger partial charge in [0.25, 0.3) is 0 Å². The number of carbonyl (C=O) groups is 2. The number of carbonyl (C=O) groups excluding carboxylic acids is 1. The molecule has 1 amide bonds. The van der Waals surface area contributed by atoms with E-state index in [1.165, 1.54) is 11.8 Å². The van der Waals surface area contributed by atoms with E-state index < -0.39 is 11.4 Å². The molecule has 0 radical (unpaired) electrons. The number of rotatable bonds is 2. The molecular formula is C12H11NO4S. The van der Waals surface area contributed by atoms with Crippen molar-refractivity contribution in [2.45, 2.75) is 10.3 Å². The Bertz CT molecular complexity index is 539. The van der Waals surface area contributed by atoms with Gasteiger partial charge in [-0.15, -0.1) is 11.8 Å². The van der Waals surface area contributed by atoms with Crippen LogP contribution in [0.5, 0.6) is 0 Å². The third-order valence-electron chi connectivity index (χ3n) is 3.27. The number of anilines is 1. The van der Waals surface area contributed by atoms with Gasteiger partial charge in [-0.3, -0.25) is 9.59 Å². The van der Waals surface area contributed by atoms with E-state index in [1.807, 2.05) is 6.07 Å². The molecule has 2 heterocycles. The summed E-state index contributed by atoms with van der Waals surface area (Å²) in [7, 11) is 0. The second kappa shape index (κ2) is 4.00. The molecule has 94 valence electrons. The molecule has 5 nitrogen and oxygen atoms in total. The predicted octanol–water partition coefficient (Wildman–Crippen LogP) is 1.08. The van der Waals surface area contributed by atoms with E-state index in [2.05, 4.69) is 5.32 Å². The number of carboxylic acids is 1. The predicted molar refractivity (Wildman–Crippen MR) is 65.9 cm³/mol. The van der Waals surface area contributed by atoms with Crippen LogP contribution in [0, 0.1) is 0 Å². The van der Waals surface area contributed by atoms with Gasteiger partial charge in [-0.1, -0.05) is 6.07 Å². The van der Waals surface area contributed by atoms with Crippen LogP contribution in [0.3, 0.4) is 0 Å². The van der Waals surface area contributed by atoms with Crippen LogP contribution in [0.2, 0.25) is 0 Å². The molecule has 6 heteroatoms. The highest BCUT2D eigenvalue weighted by atomic mass is 32.2. The molecule has 18 heavy (non-hydrogen) atoms. The summed E-state index contributed by atoms with van der Waals surface area (Å²) in [5.41, 5.74) is 0.422. The summed E-state index contributed by atoms with van der Waals surface area (Å²) in [6.07, 6.45) is 0. The van der Waals surface area contributed by atoms with Gasteiger partial charge >= 0.3 is 5.97 Å². The van der Waals surface area contributed by atoms with Gasteiger partial charge < -0.3 is 15.2 Å². The lowest BCUT2D eigenvalue weighted by molar-refractivity contribution is -0.163. The van der Waals surface area contributed by atoms with Crippen LogP contribution >= 0.6 is 11.8 Å².